The largest absolute Gasteiger partial charge is 0.301 e. The molecule has 2 aromatic carbocycles. The van der Waals surface area contributed by atoms with E-state index < -0.39 is 0 Å². The van der Waals surface area contributed by atoms with E-state index in [0.717, 1.165) is 28.6 Å². The second-order valence-electron chi connectivity index (χ2n) is 6.99. The van der Waals surface area contributed by atoms with Crippen molar-refractivity contribution >= 4 is 29.0 Å². The lowest BCUT2D eigenvalue weighted by molar-refractivity contribution is -0.118. The van der Waals surface area contributed by atoms with Crippen LogP contribution >= 0.6 is 11.8 Å². The first-order valence-electron chi connectivity index (χ1n) is 8.49. The number of hydrogen-bond donors (Lipinski definition) is 0. The van der Waals surface area contributed by atoms with E-state index in [4.69, 9.17) is 0 Å². The number of rotatable bonds is 4. The van der Waals surface area contributed by atoms with E-state index in [1.165, 1.54) is 23.3 Å². The second-order valence-corrected chi connectivity index (χ2v) is 8.07. The molecule has 124 valence electrons. The van der Waals surface area contributed by atoms with Gasteiger partial charge in [0.2, 0.25) is 5.91 Å². The molecule has 1 fully saturated rings. The monoisotopic (exact) mass is 338 g/mol. The fourth-order valence-electron chi connectivity index (χ4n) is 3.19. The summed E-state index contributed by atoms with van der Waals surface area (Å²) in [6.07, 6.45) is 3.82. The van der Waals surface area contributed by atoms with Crippen molar-refractivity contribution in [2.45, 2.75) is 29.1 Å². The van der Waals surface area contributed by atoms with Crippen LogP contribution in [0.4, 0.5) is 11.4 Å². The molecule has 1 heterocycles. The number of benzene rings is 2. The van der Waals surface area contributed by atoms with E-state index in [-0.39, 0.29) is 5.91 Å². The van der Waals surface area contributed by atoms with E-state index in [1.54, 1.807) is 11.8 Å². The van der Waals surface area contributed by atoms with Crippen LogP contribution in [0.1, 0.15) is 18.4 Å². The molecule has 0 bridgehead atoms. The third-order valence-electron chi connectivity index (χ3n) is 4.51. The van der Waals surface area contributed by atoms with E-state index in [2.05, 4.69) is 24.3 Å². The Balaban J connectivity index is 1.76. The summed E-state index contributed by atoms with van der Waals surface area (Å²) >= 11 is 1.76. The van der Waals surface area contributed by atoms with Gasteiger partial charge in [0, 0.05) is 9.79 Å². The van der Waals surface area contributed by atoms with Crippen LogP contribution in [-0.2, 0) is 11.2 Å². The molecule has 1 aliphatic heterocycles. The Labute approximate surface area is 147 Å². The van der Waals surface area contributed by atoms with Crippen LogP contribution in [0, 0.1) is 5.92 Å². The molecule has 0 spiro atoms. The van der Waals surface area contributed by atoms with Crippen molar-refractivity contribution < 1.29 is 4.79 Å². The summed E-state index contributed by atoms with van der Waals surface area (Å²) in [6.45, 7) is 0.408. The standard InChI is InChI=1S/C20H22N2OS/c1-21(2)13-20(23)22-16-5-3-4-6-18(16)24-19-10-9-15(12-17(19)22)11-14-7-8-14/h3-6,9-10,12,14H,7-8,11,13H2,1-2H3. The number of para-hydroxylation sites is 1. The molecule has 2 aliphatic rings. The number of anilines is 2. The zero-order valence-corrected chi connectivity index (χ0v) is 15.0. The molecule has 4 rings (SSSR count). The molecule has 0 N–H and O–H groups in total. The number of carbonyl (C=O) groups is 1. The smallest absolute Gasteiger partial charge is 0.245 e. The molecular weight excluding hydrogens is 316 g/mol. The molecule has 0 radical (unpaired) electrons. The summed E-state index contributed by atoms with van der Waals surface area (Å²) in [5.74, 6) is 0.968. The number of hydrogen-bond acceptors (Lipinski definition) is 3. The van der Waals surface area contributed by atoms with E-state index in [0.29, 0.717) is 6.54 Å². The molecule has 24 heavy (non-hydrogen) atoms. The molecule has 1 amide bonds. The zero-order chi connectivity index (χ0) is 16.7. The Bertz CT molecular complexity index is 783. The van der Waals surface area contributed by atoms with Gasteiger partial charge in [-0.25, -0.2) is 0 Å². The molecule has 1 saturated carbocycles. The van der Waals surface area contributed by atoms with Crippen LogP contribution in [0.15, 0.2) is 52.3 Å². The maximum Gasteiger partial charge on any atom is 0.245 e. The Morgan fingerprint density at radius 1 is 1.12 bits per heavy atom. The highest BCUT2D eigenvalue weighted by Gasteiger charge is 2.29. The van der Waals surface area contributed by atoms with Crippen molar-refractivity contribution in [1.82, 2.24) is 4.90 Å². The lowest BCUT2D eigenvalue weighted by atomic mass is 10.1. The summed E-state index contributed by atoms with van der Waals surface area (Å²) in [5, 5.41) is 0. The normalized spacial score (nSPS) is 16.0. The second kappa shape index (κ2) is 6.26. The van der Waals surface area contributed by atoms with Crippen LogP contribution in [0.2, 0.25) is 0 Å². The Morgan fingerprint density at radius 3 is 2.62 bits per heavy atom. The van der Waals surface area contributed by atoms with Crippen LogP contribution in [0.3, 0.4) is 0 Å². The van der Waals surface area contributed by atoms with Gasteiger partial charge in [-0.1, -0.05) is 30.0 Å². The number of nitrogens with zero attached hydrogens (tertiary/aromatic N) is 2. The van der Waals surface area contributed by atoms with Crippen molar-refractivity contribution in [3.8, 4) is 0 Å². The molecule has 4 heteroatoms. The Kier molecular flexibility index (Phi) is 4.10. The topological polar surface area (TPSA) is 23.6 Å². The van der Waals surface area contributed by atoms with Gasteiger partial charge in [-0.2, -0.15) is 0 Å². The summed E-state index contributed by atoms with van der Waals surface area (Å²) < 4.78 is 0. The summed E-state index contributed by atoms with van der Waals surface area (Å²) in [7, 11) is 3.87. The zero-order valence-electron chi connectivity index (χ0n) is 14.2. The molecule has 0 saturated heterocycles. The average Bonchev–Trinajstić information content (AvgIpc) is 3.36. The third kappa shape index (κ3) is 3.08. The highest BCUT2D eigenvalue weighted by molar-refractivity contribution is 7.99. The summed E-state index contributed by atoms with van der Waals surface area (Å²) in [5.41, 5.74) is 3.40. The predicted octanol–water partition coefficient (Wildman–Crippen LogP) is 4.33. The highest BCUT2D eigenvalue weighted by atomic mass is 32.2. The van der Waals surface area contributed by atoms with Crippen LogP contribution in [-0.4, -0.2) is 31.4 Å². The van der Waals surface area contributed by atoms with Gasteiger partial charge in [0.05, 0.1) is 17.9 Å². The first-order valence-corrected chi connectivity index (χ1v) is 9.31. The highest BCUT2D eigenvalue weighted by Crippen LogP contribution is 2.48. The van der Waals surface area contributed by atoms with Crippen molar-refractivity contribution in [1.29, 1.82) is 0 Å². The quantitative estimate of drug-likeness (QED) is 0.829. The lowest BCUT2D eigenvalue weighted by Gasteiger charge is -2.32. The molecule has 1 aliphatic carbocycles. The first kappa shape index (κ1) is 15.7. The molecule has 3 nitrogen and oxygen atoms in total. The minimum absolute atomic E-state index is 0.123. The fraction of sp³-hybridized carbons (Fsp3) is 0.350. The lowest BCUT2D eigenvalue weighted by Crippen LogP contribution is -2.36. The Hall–Kier alpha value is -1.78. The summed E-state index contributed by atoms with van der Waals surface area (Å²) in [6, 6.07) is 14.8. The van der Waals surface area contributed by atoms with Crippen molar-refractivity contribution in [3.63, 3.8) is 0 Å². The maximum absolute atomic E-state index is 13.0. The number of fused-ring (bicyclic) bond motifs is 2. The van der Waals surface area contributed by atoms with Gasteiger partial charge in [0.25, 0.3) is 0 Å². The number of amides is 1. The Morgan fingerprint density at radius 2 is 1.88 bits per heavy atom. The molecule has 0 unspecified atom stereocenters. The maximum atomic E-state index is 13.0. The van der Waals surface area contributed by atoms with Gasteiger partial charge >= 0.3 is 0 Å². The molecule has 0 atom stereocenters. The van der Waals surface area contributed by atoms with Crippen molar-refractivity contribution in [2.24, 2.45) is 5.92 Å². The average molecular weight is 338 g/mol. The van der Waals surface area contributed by atoms with Gasteiger partial charge in [-0.15, -0.1) is 0 Å². The van der Waals surface area contributed by atoms with E-state index >= 15 is 0 Å². The van der Waals surface area contributed by atoms with Crippen LogP contribution in [0.25, 0.3) is 0 Å². The fourth-order valence-corrected chi connectivity index (χ4v) is 4.23. The predicted molar refractivity (Wildman–Crippen MR) is 99.1 cm³/mol. The van der Waals surface area contributed by atoms with Crippen LogP contribution < -0.4 is 4.90 Å². The third-order valence-corrected chi connectivity index (χ3v) is 5.64. The minimum Gasteiger partial charge on any atom is -0.301 e. The van der Waals surface area contributed by atoms with Crippen molar-refractivity contribution in [3.05, 3.63) is 48.0 Å². The summed E-state index contributed by atoms with van der Waals surface area (Å²) in [4.78, 5) is 19.1. The van der Waals surface area contributed by atoms with Gasteiger partial charge in [0.15, 0.2) is 0 Å². The van der Waals surface area contributed by atoms with Gasteiger partial charge in [-0.05, 0) is 69.1 Å². The molecule has 2 aromatic rings. The molecule has 0 aromatic heterocycles. The minimum atomic E-state index is 0.123. The van der Waals surface area contributed by atoms with Crippen molar-refractivity contribution in [2.75, 3.05) is 25.5 Å². The van der Waals surface area contributed by atoms with Gasteiger partial charge in [-0.3, -0.25) is 9.69 Å². The van der Waals surface area contributed by atoms with E-state index in [9.17, 15) is 4.79 Å². The van der Waals surface area contributed by atoms with Gasteiger partial charge in [0.1, 0.15) is 0 Å². The van der Waals surface area contributed by atoms with Crippen LogP contribution in [0.5, 0.6) is 0 Å². The number of carbonyl (C=O) groups excluding carboxylic acids is 1. The molecular formula is C20H22N2OS. The van der Waals surface area contributed by atoms with E-state index in [1.807, 2.05) is 42.1 Å². The number of likely N-dealkylation sites (N-methyl/N-ethyl adjacent to an activating group) is 1. The SMILES string of the molecule is CN(C)CC(=O)N1c2ccccc2Sc2ccc(CC3CC3)cc21. The van der Waals surface area contributed by atoms with Gasteiger partial charge < -0.3 is 4.90 Å². The first-order chi connectivity index (χ1) is 11.6.